The first-order chi connectivity index (χ1) is 13.1. The molecule has 1 amide bonds. The van der Waals surface area contributed by atoms with Crippen LogP contribution < -0.4 is 0 Å². The van der Waals surface area contributed by atoms with Gasteiger partial charge in [0.1, 0.15) is 5.69 Å². The van der Waals surface area contributed by atoms with E-state index in [4.69, 9.17) is 11.6 Å². The van der Waals surface area contributed by atoms with Crippen molar-refractivity contribution in [2.75, 3.05) is 13.1 Å². The van der Waals surface area contributed by atoms with Crippen LogP contribution >= 0.6 is 11.6 Å². The van der Waals surface area contributed by atoms with Crippen LogP contribution in [0.15, 0.2) is 54.7 Å². The van der Waals surface area contributed by atoms with Gasteiger partial charge in [-0.15, -0.1) is 0 Å². The normalized spacial score (nSPS) is 17.3. The Balaban J connectivity index is 1.44. The van der Waals surface area contributed by atoms with Crippen LogP contribution in [0.2, 0.25) is 5.02 Å². The highest BCUT2D eigenvalue weighted by atomic mass is 35.5. The van der Waals surface area contributed by atoms with Crippen LogP contribution in [0.5, 0.6) is 0 Å². The molecule has 0 radical (unpaired) electrons. The number of aromatic nitrogens is 2. The second-order valence-electron chi connectivity index (χ2n) is 7.31. The molecule has 1 unspecified atom stereocenters. The van der Waals surface area contributed by atoms with Crippen molar-refractivity contribution in [3.05, 3.63) is 71.0 Å². The molecule has 0 saturated carbocycles. The molecule has 27 heavy (non-hydrogen) atoms. The number of fused-ring (bicyclic) bond motifs is 2. The number of likely N-dealkylation sites (tertiary alicyclic amines) is 1. The van der Waals surface area contributed by atoms with Crippen molar-refractivity contribution in [1.82, 2.24) is 14.5 Å². The van der Waals surface area contributed by atoms with Gasteiger partial charge in [0, 0.05) is 54.1 Å². The van der Waals surface area contributed by atoms with E-state index in [1.54, 1.807) is 0 Å². The van der Waals surface area contributed by atoms with E-state index >= 15 is 0 Å². The molecular formula is C22H20ClN3O. The summed E-state index contributed by atoms with van der Waals surface area (Å²) in [5, 5.41) is 2.69. The second-order valence-corrected chi connectivity index (χ2v) is 7.69. The van der Waals surface area contributed by atoms with Crippen molar-refractivity contribution < 1.29 is 4.79 Å². The number of carbonyl (C=O) groups excluding carboxylic acids is 1. The van der Waals surface area contributed by atoms with E-state index in [1.165, 1.54) is 16.5 Å². The fourth-order valence-electron chi connectivity index (χ4n) is 4.31. The summed E-state index contributed by atoms with van der Waals surface area (Å²) in [6.07, 6.45) is 3.18. The molecule has 2 aromatic carbocycles. The molecule has 0 spiro atoms. The van der Waals surface area contributed by atoms with Crippen molar-refractivity contribution in [3.8, 4) is 0 Å². The van der Waals surface area contributed by atoms with E-state index in [2.05, 4.69) is 47.1 Å². The van der Waals surface area contributed by atoms with Crippen LogP contribution in [0.3, 0.4) is 0 Å². The molecule has 2 aromatic heterocycles. The first kappa shape index (κ1) is 16.5. The molecule has 1 aliphatic rings. The molecule has 1 saturated heterocycles. The zero-order valence-corrected chi connectivity index (χ0v) is 15.8. The highest BCUT2D eigenvalue weighted by molar-refractivity contribution is 6.38. The molecule has 1 N–H and O–H groups in total. The standard InChI is InChI=1S/C22H20ClN3O/c1-25-13-17(15-6-3-5-9-19(15)25)14-10-11-26(12-14)22(27)21-20(23)16-7-2-4-8-18(16)24-21/h2-9,13-14,24H,10-12H2,1H3. The van der Waals surface area contributed by atoms with Gasteiger partial charge in [-0.05, 0) is 24.1 Å². The largest absolute Gasteiger partial charge is 0.350 e. The number of aromatic amines is 1. The summed E-state index contributed by atoms with van der Waals surface area (Å²) in [6, 6.07) is 16.2. The molecule has 5 heteroatoms. The monoisotopic (exact) mass is 377 g/mol. The average Bonchev–Trinajstić information content (AvgIpc) is 3.39. The summed E-state index contributed by atoms with van der Waals surface area (Å²) in [7, 11) is 2.08. The van der Waals surface area contributed by atoms with Crippen LogP contribution in [0.4, 0.5) is 0 Å². The summed E-state index contributed by atoms with van der Waals surface area (Å²) in [6.45, 7) is 1.47. The van der Waals surface area contributed by atoms with Crippen LogP contribution in [0.1, 0.15) is 28.4 Å². The highest BCUT2D eigenvalue weighted by Gasteiger charge is 2.31. The van der Waals surface area contributed by atoms with Crippen molar-refractivity contribution in [1.29, 1.82) is 0 Å². The zero-order valence-electron chi connectivity index (χ0n) is 15.1. The van der Waals surface area contributed by atoms with E-state index in [0.717, 1.165) is 30.4 Å². The summed E-state index contributed by atoms with van der Waals surface area (Å²) in [5.74, 6) is 0.335. The molecule has 1 fully saturated rings. The van der Waals surface area contributed by atoms with Crippen LogP contribution in [-0.4, -0.2) is 33.4 Å². The molecule has 0 aliphatic carbocycles. The third-order valence-corrected chi connectivity index (χ3v) is 6.09. The summed E-state index contributed by atoms with van der Waals surface area (Å²) in [5.41, 5.74) is 3.95. The van der Waals surface area contributed by atoms with Gasteiger partial charge in [0.25, 0.3) is 5.91 Å². The third kappa shape index (κ3) is 2.55. The topological polar surface area (TPSA) is 41.0 Å². The number of hydrogen-bond acceptors (Lipinski definition) is 1. The van der Waals surface area contributed by atoms with Crippen LogP contribution in [0.25, 0.3) is 21.8 Å². The lowest BCUT2D eigenvalue weighted by atomic mass is 9.98. The van der Waals surface area contributed by atoms with Gasteiger partial charge in [0.2, 0.25) is 0 Å². The number of benzene rings is 2. The Morgan fingerprint density at radius 2 is 1.85 bits per heavy atom. The Bertz CT molecular complexity index is 1170. The lowest BCUT2D eigenvalue weighted by Gasteiger charge is -2.16. The number of para-hydroxylation sites is 2. The van der Waals surface area contributed by atoms with Crippen LogP contribution in [0, 0.1) is 0 Å². The Morgan fingerprint density at radius 3 is 2.67 bits per heavy atom. The number of halogens is 1. The van der Waals surface area contributed by atoms with Gasteiger partial charge in [0.05, 0.1) is 5.02 Å². The van der Waals surface area contributed by atoms with Gasteiger partial charge in [0.15, 0.2) is 0 Å². The van der Waals surface area contributed by atoms with Gasteiger partial charge < -0.3 is 14.5 Å². The smallest absolute Gasteiger partial charge is 0.271 e. The molecule has 136 valence electrons. The van der Waals surface area contributed by atoms with Gasteiger partial charge in [-0.25, -0.2) is 0 Å². The SMILES string of the molecule is Cn1cc(C2CCN(C(=O)c3[nH]c4ccccc4c3Cl)C2)c2ccccc21. The van der Waals surface area contributed by atoms with Crippen molar-refractivity contribution in [3.63, 3.8) is 0 Å². The van der Waals surface area contributed by atoms with E-state index < -0.39 is 0 Å². The Kier molecular flexibility index (Phi) is 3.76. The Morgan fingerprint density at radius 1 is 1.11 bits per heavy atom. The second kappa shape index (κ2) is 6.17. The average molecular weight is 378 g/mol. The predicted molar refractivity (Wildman–Crippen MR) is 109 cm³/mol. The molecule has 4 aromatic rings. The molecule has 0 bridgehead atoms. The number of amides is 1. The lowest BCUT2D eigenvalue weighted by Crippen LogP contribution is -2.29. The maximum atomic E-state index is 13.1. The molecule has 5 rings (SSSR count). The van der Waals surface area contributed by atoms with Crippen LogP contribution in [-0.2, 0) is 7.05 Å². The van der Waals surface area contributed by atoms with E-state index in [0.29, 0.717) is 16.6 Å². The lowest BCUT2D eigenvalue weighted by molar-refractivity contribution is 0.0786. The first-order valence-electron chi connectivity index (χ1n) is 9.23. The molecule has 1 atom stereocenters. The van der Waals surface area contributed by atoms with Crippen molar-refractivity contribution >= 4 is 39.3 Å². The maximum Gasteiger partial charge on any atom is 0.271 e. The summed E-state index contributed by atoms with van der Waals surface area (Å²) >= 11 is 6.48. The first-order valence-corrected chi connectivity index (χ1v) is 9.60. The number of rotatable bonds is 2. The number of aryl methyl sites for hydroxylation is 1. The van der Waals surface area contributed by atoms with Crippen molar-refractivity contribution in [2.45, 2.75) is 12.3 Å². The molecule has 4 nitrogen and oxygen atoms in total. The fraction of sp³-hybridized carbons (Fsp3) is 0.227. The van der Waals surface area contributed by atoms with Gasteiger partial charge in [-0.3, -0.25) is 4.79 Å². The summed E-state index contributed by atoms with van der Waals surface area (Å²) < 4.78 is 2.17. The van der Waals surface area contributed by atoms with E-state index in [9.17, 15) is 4.79 Å². The number of hydrogen-bond donors (Lipinski definition) is 1. The molecule has 3 heterocycles. The number of nitrogens with one attached hydrogen (secondary N) is 1. The third-order valence-electron chi connectivity index (χ3n) is 5.70. The van der Waals surface area contributed by atoms with Crippen molar-refractivity contribution in [2.24, 2.45) is 7.05 Å². The number of H-pyrrole nitrogens is 1. The number of nitrogens with zero attached hydrogens (tertiary/aromatic N) is 2. The minimum absolute atomic E-state index is 0.0149. The summed E-state index contributed by atoms with van der Waals surface area (Å²) in [4.78, 5) is 18.2. The zero-order chi connectivity index (χ0) is 18.5. The number of carbonyl (C=O) groups is 1. The molecular weight excluding hydrogens is 358 g/mol. The minimum Gasteiger partial charge on any atom is -0.350 e. The van der Waals surface area contributed by atoms with Gasteiger partial charge >= 0.3 is 0 Å². The quantitative estimate of drug-likeness (QED) is 0.528. The Hall–Kier alpha value is -2.72. The Labute approximate surface area is 162 Å². The van der Waals surface area contributed by atoms with E-state index in [-0.39, 0.29) is 5.91 Å². The maximum absolute atomic E-state index is 13.1. The van der Waals surface area contributed by atoms with Gasteiger partial charge in [-0.1, -0.05) is 48.0 Å². The minimum atomic E-state index is -0.0149. The highest BCUT2D eigenvalue weighted by Crippen LogP contribution is 2.35. The predicted octanol–water partition coefficient (Wildman–Crippen LogP) is 4.94. The molecule has 1 aliphatic heterocycles. The van der Waals surface area contributed by atoms with E-state index in [1.807, 2.05) is 29.2 Å². The fourth-order valence-corrected chi connectivity index (χ4v) is 4.60. The van der Waals surface area contributed by atoms with Gasteiger partial charge in [-0.2, -0.15) is 0 Å².